The van der Waals surface area contributed by atoms with E-state index in [2.05, 4.69) is 8.80 Å². The fourth-order valence-electron chi connectivity index (χ4n) is 0.981. The maximum atomic E-state index is 10.8. The first-order chi connectivity index (χ1) is 8.16. The molecule has 0 unspecified atom stereocenters. The van der Waals surface area contributed by atoms with Crippen LogP contribution in [0.3, 0.4) is 0 Å². The molecule has 0 amide bonds. The second-order valence-corrected chi connectivity index (χ2v) is 6.96. The fourth-order valence-corrected chi connectivity index (χ4v) is 1.61. The van der Waals surface area contributed by atoms with Gasteiger partial charge in [-0.25, -0.2) is 16.8 Å². The average Bonchev–Trinajstić information content (AvgIpc) is 2.23. The van der Waals surface area contributed by atoms with Gasteiger partial charge in [-0.2, -0.15) is 8.80 Å². The summed E-state index contributed by atoms with van der Waals surface area (Å²) in [6.45, 7) is 0. The van der Waals surface area contributed by atoms with Crippen molar-refractivity contribution in [2.24, 2.45) is 8.80 Å². The molecule has 0 N–H and O–H groups in total. The lowest BCUT2D eigenvalue weighted by molar-refractivity contribution is 0.602. The van der Waals surface area contributed by atoms with Gasteiger partial charge in [0.15, 0.2) is 0 Å². The van der Waals surface area contributed by atoms with Crippen LogP contribution in [-0.4, -0.2) is 41.8 Å². The van der Waals surface area contributed by atoms with Crippen LogP contribution < -0.4 is 0 Å². The van der Waals surface area contributed by atoms with Crippen LogP contribution >= 0.6 is 0 Å². The average molecular weight is 288 g/mol. The number of hydrogen-bond acceptors (Lipinski definition) is 4. The lowest BCUT2D eigenvalue weighted by Gasteiger charge is -1.94. The highest BCUT2D eigenvalue weighted by Crippen LogP contribution is 2.01. The molecule has 0 aliphatic rings. The minimum absolute atomic E-state index is 0.594. The summed E-state index contributed by atoms with van der Waals surface area (Å²) in [5, 5.41) is 0. The third-order valence-electron chi connectivity index (χ3n) is 1.72. The van der Waals surface area contributed by atoms with Crippen LogP contribution in [0.1, 0.15) is 11.1 Å². The van der Waals surface area contributed by atoms with Crippen molar-refractivity contribution in [3.8, 4) is 0 Å². The predicted octanol–water partition coefficient (Wildman–Crippen LogP) is 0.444. The molecule has 1 aromatic carbocycles. The van der Waals surface area contributed by atoms with E-state index in [1.54, 1.807) is 24.3 Å². The highest BCUT2D eigenvalue weighted by Gasteiger charge is 1.96. The molecule has 0 spiro atoms. The summed E-state index contributed by atoms with van der Waals surface area (Å²) in [6, 6.07) is 6.44. The van der Waals surface area contributed by atoms with E-state index in [9.17, 15) is 16.8 Å². The van der Waals surface area contributed by atoms with Gasteiger partial charge in [0.25, 0.3) is 0 Å². The van der Waals surface area contributed by atoms with Crippen LogP contribution in [0.4, 0.5) is 0 Å². The fraction of sp³-hybridized carbons (Fsp3) is 0.200. The van der Waals surface area contributed by atoms with Gasteiger partial charge in [0.2, 0.25) is 20.0 Å². The number of rotatable bonds is 4. The zero-order chi connectivity index (χ0) is 13.8. The Bertz CT molecular complexity index is 610. The van der Waals surface area contributed by atoms with Crippen molar-refractivity contribution >= 4 is 32.5 Å². The maximum absolute atomic E-state index is 10.8. The zero-order valence-electron chi connectivity index (χ0n) is 9.81. The van der Waals surface area contributed by atoms with E-state index >= 15 is 0 Å². The molecule has 0 heterocycles. The molecule has 8 heteroatoms. The quantitative estimate of drug-likeness (QED) is 0.751. The molecule has 1 rings (SSSR count). The molecule has 0 saturated heterocycles. The SMILES string of the molecule is CS(=O)(=O)N=Cc1ccc(C=NS(C)(=O)=O)cc1. The predicted molar refractivity (Wildman–Crippen MR) is 71.3 cm³/mol. The second kappa shape index (κ2) is 5.40. The molecule has 6 nitrogen and oxygen atoms in total. The molecule has 0 atom stereocenters. The molecular weight excluding hydrogens is 276 g/mol. The summed E-state index contributed by atoms with van der Waals surface area (Å²) in [5.41, 5.74) is 1.19. The van der Waals surface area contributed by atoms with Crippen LogP contribution in [0, 0.1) is 0 Å². The van der Waals surface area contributed by atoms with Gasteiger partial charge in [-0.15, -0.1) is 0 Å². The summed E-state index contributed by atoms with van der Waals surface area (Å²) >= 11 is 0. The van der Waals surface area contributed by atoms with Crippen molar-refractivity contribution in [2.75, 3.05) is 12.5 Å². The molecule has 0 radical (unpaired) electrons. The minimum Gasteiger partial charge on any atom is -0.205 e. The van der Waals surface area contributed by atoms with Crippen LogP contribution in [0.25, 0.3) is 0 Å². The molecule has 0 aliphatic heterocycles. The largest absolute Gasteiger partial charge is 0.250 e. The van der Waals surface area contributed by atoms with E-state index in [1.807, 2.05) is 0 Å². The topological polar surface area (TPSA) is 93.0 Å². The van der Waals surface area contributed by atoms with Gasteiger partial charge in [0.05, 0.1) is 12.5 Å². The summed E-state index contributed by atoms with van der Waals surface area (Å²) in [5.74, 6) is 0. The van der Waals surface area contributed by atoms with Crippen molar-refractivity contribution in [1.29, 1.82) is 0 Å². The Kier molecular flexibility index (Phi) is 4.36. The summed E-state index contributed by atoms with van der Waals surface area (Å²) in [4.78, 5) is 0. The Morgan fingerprint density at radius 1 is 0.778 bits per heavy atom. The van der Waals surface area contributed by atoms with E-state index in [4.69, 9.17) is 0 Å². The summed E-state index contributed by atoms with van der Waals surface area (Å²) < 4.78 is 49.9. The van der Waals surface area contributed by atoms with Crippen molar-refractivity contribution in [1.82, 2.24) is 0 Å². The highest BCUT2D eigenvalue weighted by molar-refractivity contribution is 7.89. The Labute approximate surface area is 106 Å². The lowest BCUT2D eigenvalue weighted by Crippen LogP contribution is -1.93. The normalized spacial score (nSPS) is 13.4. The number of sulfonamides is 2. The molecule has 0 aliphatic carbocycles. The molecule has 0 saturated carbocycles. The molecule has 0 fully saturated rings. The van der Waals surface area contributed by atoms with E-state index in [1.165, 1.54) is 12.4 Å². The van der Waals surface area contributed by atoms with Crippen molar-refractivity contribution in [3.05, 3.63) is 35.4 Å². The number of hydrogen-bond donors (Lipinski definition) is 0. The van der Waals surface area contributed by atoms with E-state index < -0.39 is 20.0 Å². The number of benzene rings is 1. The van der Waals surface area contributed by atoms with E-state index in [0.29, 0.717) is 11.1 Å². The maximum Gasteiger partial charge on any atom is 0.250 e. The van der Waals surface area contributed by atoms with Gasteiger partial charge < -0.3 is 0 Å². The lowest BCUT2D eigenvalue weighted by atomic mass is 10.2. The summed E-state index contributed by atoms with van der Waals surface area (Å²) in [6.07, 6.45) is 4.42. The highest BCUT2D eigenvalue weighted by atomic mass is 32.2. The van der Waals surface area contributed by atoms with Crippen LogP contribution in [0.2, 0.25) is 0 Å². The van der Waals surface area contributed by atoms with Gasteiger partial charge >= 0.3 is 0 Å². The molecule has 18 heavy (non-hydrogen) atoms. The van der Waals surface area contributed by atoms with Gasteiger partial charge in [0.1, 0.15) is 0 Å². The molecule has 98 valence electrons. The Morgan fingerprint density at radius 2 is 1.06 bits per heavy atom. The smallest absolute Gasteiger partial charge is 0.205 e. The monoisotopic (exact) mass is 288 g/mol. The van der Waals surface area contributed by atoms with Crippen molar-refractivity contribution in [2.45, 2.75) is 0 Å². The van der Waals surface area contributed by atoms with Gasteiger partial charge in [-0.05, 0) is 11.1 Å². The van der Waals surface area contributed by atoms with Gasteiger partial charge in [-0.1, -0.05) is 24.3 Å². The van der Waals surface area contributed by atoms with Crippen LogP contribution in [0.5, 0.6) is 0 Å². The van der Waals surface area contributed by atoms with Crippen molar-refractivity contribution < 1.29 is 16.8 Å². The third-order valence-corrected chi connectivity index (χ3v) is 2.70. The standard InChI is InChI=1S/C10H12N2O4S2/c1-17(13,14)11-7-9-3-5-10(6-4-9)8-12-18(2,15)16/h3-8H,1-2H3. The Balaban J connectivity index is 2.88. The summed E-state index contributed by atoms with van der Waals surface area (Å²) in [7, 11) is -6.80. The van der Waals surface area contributed by atoms with Crippen molar-refractivity contribution in [3.63, 3.8) is 0 Å². The van der Waals surface area contributed by atoms with Gasteiger partial charge in [0, 0.05) is 12.4 Å². The first-order valence-corrected chi connectivity index (χ1v) is 8.46. The van der Waals surface area contributed by atoms with Crippen LogP contribution in [-0.2, 0) is 20.0 Å². The second-order valence-electron chi connectivity index (χ2n) is 3.60. The van der Waals surface area contributed by atoms with E-state index in [-0.39, 0.29) is 0 Å². The zero-order valence-corrected chi connectivity index (χ0v) is 11.4. The third kappa shape index (κ3) is 6.26. The van der Waals surface area contributed by atoms with Crippen LogP contribution in [0.15, 0.2) is 33.1 Å². The number of nitrogens with zero attached hydrogens (tertiary/aromatic N) is 2. The molecule has 0 bridgehead atoms. The van der Waals surface area contributed by atoms with E-state index in [0.717, 1.165) is 12.5 Å². The first kappa shape index (κ1) is 14.5. The molecule has 0 aromatic heterocycles. The Hall–Kier alpha value is -1.54. The first-order valence-electron chi connectivity index (χ1n) is 4.76. The Morgan fingerprint density at radius 3 is 1.28 bits per heavy atom. The van der Waals surface area contributed by atoms with Gasteiger partial charge in [-0.3, -0.25) is 0 Å². The molecular formula is C10H12N2O4S2. The molecule has 1 aromatic rings. The minimum atomic E-state index is -3.40.